The van der Waals surface area contributed by atoms with Crippen molar-refractivity contribution in [3.63, 3.8) is 0 Å². The highest BCUT2D eigenvalue weighted by atomic mass is 16.3. The van der Waals surface area contributed by atoms with Crippen molar-refractivity contribution in [1.29, 1.82) is 5.26 Å². The Bertz CT molecular complexity index is 826. The van der Waals surface area contributed by atoms with Crippen LogP contribution in [0.3, 0.4) is 0 Å². The monoisotopic (exact) mass is 333 g/mol. The molecular formula is C20H19N3O2. The number of aliphatic hydroxyl groups excluding tert-OH is 1. The van der Waals surface area contributed by atoms with Crippen molar-refractivity contribution in [1.82, 2.24) is 9.88 Å². The van der Waals surface area contributed by atoms with Gasteiger partial charge in [0.1, 0.15) is 6.04 Å². The number of benzene rings is 1. The van der Waals surface area contributed by atoms with Gasteiger partial charge in [-0.2, -0.15) is 5.26 Å². The number of carbonyl (C=O) groups excluding carboxylic acids is 1. The van der Waals surface area contributed by atoms with Gasteiger partial charge in [0.25, 0.3) is 5.91 Å². The molecule has 2 heterocycles. The lowest BCUT2D eigenvalue weighted by Crippen LogP contribution is -2.65. The summed E-state index contributed by atoms with van der Waals surface area (Å²) in [6.07, 6.45) is 6.98. The first kappa shape index (κ1) is 16.9. The Balaban J connectivity index is 1.96. The van der Waals surface area contributed by atoms with Gasteiger partial charge >= 0.3 is 0 Å². The van der Waals surface area contributed by atoms with E-state index in [2.05, 4.69) is 11.1 Å². The fourth-order valence-corrected chi connectivity index (χ4v) is 3.44. The number of pyridine rings is 1. The Hall–Kier alpha value is -2.97. The van der Waals surface area contributed by atoms with E-state index in [-0.39, 0.29) is 18.4 Å². The zero-order valence-corrected chi connectivity index (χ0v) is 13.9. The van der Waals surface area contributed by atoms with Crippen LogP contribution in [0.4, 0.5) is 0 Å². The molecule has 1 saturated heterocycles. The summed E-state index contributed by atoms with van der Waals surface area (Å²) in [6.45, 7) is 1.74. The number of allylic oxidation sites excluding steroid dienone is 1. The van der Waals surface area contributed by atoms with Gasteiger partial charge in [0, 0.05) is 18.3 Å². The maximum absolute atomic E-state index is 12.8. The molecule has 0 bridgehead atoms. The Kier molecular flexibility index (Phi) is 4.92. The zero-order valence-electron chi connectivity index (χ0n) is 13.9. The molecule has 126 valence electrons. The molecule has 3 atom stereocenters. The van der Waals surface area contributed by atoms with Crippen LogP contribution in [0.25, 0.3) is 6.08 Å². The lowest BCUT2D eigenvalue weighted by molar-refractivity contribution is -0.00593. The van der Waals surface area contributed by atoms with Crippen LogP contribution in [-0.4, -0.2) is 39.6 Å². The van der Waals surface area contributed by atoms with E-state index in [0.717, 1.165) is 11.1 Å². The van der Waals surface area contributed by atoms with Crippen molar-refractivity contribution in [3.05, 3.63) is 71.6 Å². The van der Waals surface area contributed by atoms with Gasteiger partial charge in [0.05, 0.1) is 24.3 Å². The molecule has 1 aliphatic heterocycles. The van der Waals surface area contributed by atoms with Crippen LogP contribution < -0.4 is 0 Å². The van der Waals surface area contributed by atoms with Crippen LogP contribution in [0, 0.1) is 11.3 Å². The SMILES string of the molecule is C/C=C/c1ccccc1[C@@H]1[C@@H](C#N)N(C(=O)c2cccnc2)[C@H]1CO. The van der Waals surface area contributed by atoms with E-state index >= 15 is 0 Å². The van der Waals surface area contributed by atoms with Crippen molar-refractivity contribution < 1.29 is 9.90 Å². The molecule has 3 rings (SSSR count). The molecule has 5 heteroatoms. The molecular weight excluding hydrogens is 314 g/mol. The Morgan fingerprint density at radius 1 is 1.36 bits per heavy atom. The van der Waals surface area contributed by atoms with Crippen LogP contribution in [-0.2, 0) is 0 Å². The summed E-state index contributed by atoms with van der Waals surface area (Å²) >= 11 is 0. The van der Waals surface area contributed by atoms with Crippen molar-refractivity contribution in [2.45, 2.75) is 24.9 Å². The van der Waals surface area contributed by atoms with Gasteiger partial charge in [-0.05, 0) is 30.2 Å². The number of amides is 1. The number of nitriles is 1. The lowest BCUT2D eigenvalue weighted by Gasteiger charge is -2.52. The third-order valence-electron chi connectivity index (χ3n) is 4.58. The Labute approximate surface area is 146 Å². The first-order valence-corrected chi connectivity index (χ1v) is 8.17. The van der Waals surface area contributed by atoms with Crippen molar-refractivity contribution in [2.24, 2.45) is 0 Å². The molecule has 0 unspecified atom stereocenters. The molecule has 0 aliphatic carbocycles. The maximum atomic E-state index is 12.8. The summed E-state index contributed by atoms with van der Waals surface area (Å²) in [5, 5.41) is 19.5. The lowest BCUT2D eigenvalue weighted by atomic mass is 9.74. The normalized spacial score (nSPS) is 22.4. The van der Waals surface area contributed by atoms with Crippen LogP contribution in [0.15, 0.2) is 54.9 Å². The minimum Gasteiger partial charge on any atom is -0.394 e. The average molecular weight is 333 g/mol. The first-order chi connectivity index (χ1) is 12.2. The molecule has 1 aromatic carbocycles. The van der Waals surface area contributed by atoms with E-state index in [9.17, 15) is 15.2 Å². The smallest absolute Gasteiger partial charge is 0.256 e. The third-order valence-corrected chi connectivity index (χ3v) is 4.58. The van der Waals surface area contributed by atoms with Gasteiger partial charge in [0.15, 0.2) is 0 Å². The fraction of sp³-hybridized carbons (Fsp3) is 0.250. The second-order valence-electron chi connectivity index (χ2n) is 5.93. The minimum absolute atomic E-state index is 0.195. The quantitative estimate of drug-likeness (QED) is 0.933. The van der Waals surface area contributed by atoms with Crippen molar-refractivity contribution in [3.8, 4) is 6.07 Å². The highest BCUT2D eigenvalue weighted by Gasteiger charge is 2.52. The maximum Gasteiger partial charge on any atom is 0.256 e. The van der Waals surface area contributed by atoms with Crippen LogP contribution >= 0.6 is 0 Å². The summed E-state index contributed by atoms with van der Waals surface area (Å²) in [4.78, 5) is 18.2. The predicted molar refractivity (Wildman–Crippen MR) is 94.6 cm³/mol. The molecule has 1 aliphatic rings. The Morgan fingerprint density at radius 2 is 2.16 bits per heavy atom. The number of hydrogen-bond donors (Lipinski definition) is 1. The van der Waals surface area contributed by atoms with E-state index in [4.69, 9.17) is 0 Å². The summed E-state index contributed by atoms with van der Waals surface area (Å²) in [7, 11) is 0. The number of aromatic nitrogens is 1. The first-order valence-electron chi connectivity index (χ1n) is 8.17. The van der Waals surface area contributed by atoms with E-state index in [1.807, 2.05) is 43.3 Å². The molecule has 0 radical (unpaired) electrons. The summed E-state index contributed by atoms with van der Waals surface area (Å²) in [5.41, 5.74) is 2.39. The third kappa shape index (κ3) is 2.92. The minimum atomic E-state index is -0.615. The van der Waals surface area contributed by atoms with Crippen LogP contribution in [0.1, 0.15) is 34.3 Å². The number of likely N-dealkylation sites (tertiary alicyclic amines) is 1. The van der Waals surface area contributed by atoms with Crippen molar-refractivity contribution in [2.75, 3.05) is 6.61 Å². The van der Waals surface area contributed by atoms with Gasteiger partial charge in [-0.25, -0.2) is 0 Å². The van der Waals surface area contributed by atoms with Crippen molar-refractivity contribution >= 4 is 12.0 Å². The second-order valence-corrected chi connectivity index (χ2v) is 5.93. The molecule has 1 amide bonds. The largest absolute Gasteiger partial charge is 0.394 e. The molecule has 2 aromatic rings. The number of carbonyl (C=O) groups is 1. The van der Waals surface area contributed by atoms with Crippen LogP contribution in [0.2, 0.25) is 0 Å². The molecule has 1 aromatic heterocycles. The summed E-state index contributed by atoms with van der Waals surface area (Å²) < 4.78 is 0. The summed E-state index contributed by atoms with van der Waals surface area (Å²) in [5.74, 6) is -0.499. The topological polar surface area (TPSA) is 77.2 Å². The number of rotatable bonds is 4. The van der Waals surface area contributed by atoms with E-state index in [0.29, 0.717) is 5.56 Å². The highest BCUT2D eigenvalue weighted by Crippen LogP contribution is 2.42. The van der Waals surface area contributed by atoms with Gasteiger partial charge in [-0.1, -0.05) is 36.4 Å². The van der Waals surface area contributed by atoms with Gasteiger partial charge in [0.2, 0.25) is 0 Å². The van der Waals surface area contributed by atoms with E-state index in [1.54, 1.807) is 18.3 Å². The molecule has 5 nitrogen and oxygen atoms in total. The second kappa shape index (κ2) is 7.29. The molecule has 1 N–H and O–H groups in total. The molecule has 0 spiro atoms. The number of aliphatic hydroxyl groups is 1. The number of nitrogens with zero attached hydrogens (tertiary/aromatic N) is 3. The van der Waals surface area contributed by atoms with Gasteiger partial charge < -0.3 is 10.0 Å². The van der Waals surface area contributed by atoms with Gasteiger partial charge in [-0.3, -0.25) is 9.78 Å². The zero-order chi connectivity index (χ0) is 17.8. The van der Waals surface area contributed by atoms with E-state index in [1.165, 1.54) is 11.1 Å². The van der Waals surface area contributed by atoms with Crippen LogP contribution in [0.5, 0.6) is 0 Å². The average Bonchev–Trinajstić information content (AvgIpc) is 2.64. The highest BCUT2D eigenvalue weighted by molar-refractivity contribution is 5.95. The van der Waals surface area contributed by atoms with E-state index < -0.39 is 12.1 Å². The molecule has 1 fully saturated rings. The number of hydrogen-bond acceptors (Lipinski definition) is 4. The Morgan fingerprint density at radius 3 is 2.80 bits per heavy atom. The fourth-order valence-electron chi connectivity index (χ4n) is 3.44. The standard InChI is InChI=1S/C20H19N3O2/c1-2-6-14-7-3-4-9-16(14)19-17(11-21)23(18(19)13-24)20(25)15-8-5-10-22-12-15/h2-10,12,17-19,24H,13H2,1H3/b6-2+/t17-,18+,19-/m1/s1. The van der Waals surface area contributed by atoms with Gasteiger partial charge in [-0.15, -0.1) is 0 Å². The molecule has 25 heavy (non-hydrogen) atoms. The summed E-state index contributed by atoms with van der Waals surface area (Å²) in [6, 6.07) is 12.3. The molecule has 0 saturated carbocycles. The predicted octanol–water partition coefficient (Wildman–Crippen LogP) is 2.61.